The zero-order valence-electron chi connectivity index (χ0n) is 10.6. The van der Waals surface area contributed by atoms with Crippen LogP contribution in [0.15, 0.2) is 27.6 Å². The van der Waals surface area contributed by atoms with Gasteiger partial charge in [0.15, 0.2) is 0 Å². The third-order valence-corrected chi connectivity index (χ3v) is 6.22. The Bertz CT molecular complexity index is 649. The topological polar surface area (TPSA) is 74.7 Å². The SMILES string of the molecule is CC1CN(S(=O)(=O)c2ccc(Br)cc2Cl)CC1C(=O)O. The number of nitrogens with zero attached hydrogens (tertiary/aromatic N) is 1. The number of benzene rings is 1. The Balaban J connectivity index is 2.35. The van der Waals surface area contributed by atoms with Crippen molar-refractivity contribution in [3.8, 4) is 0 Å². The van der Waals surface area contributed by atoms with Crippen molar-refractivity contribution in [1.29, 1.82) is 0 Å². The molecule has 0 spiro atoms. The van der Waals surface area contributed by atoms with E-state index in [1.807, 2.05) is 0 Å². The second-order valence-corrected chi connectivity index (χ2v) is 8.05. The van der Waals surface area contributed by atoms with Crippen LogP contribution < -0.4 is 0 Å². The molecule has 1 aromatic carbocycles. The fourth-order valence-electron chi connectivity index (χ4n) is 2.26. The van der Waals surface area contributed by atoms with Gasteiger partial charge in [0, 0.05) is 17.6 Å². The molecule has 2 atom stereocenters. The maximum absolute atomic E-state index is 12.5. The Morgan fingerprint density at radius 3 is 2.60 bits per heavy atom. The Hall–Kier alpha value is -0.630. The molecule has 2 unspecified atom stereocenters. The second-order valence-electron chi connectivity index (χ2n) is 4.82. The maximum atomic E-state index is 12.5. The monoisotopic (exact) mass is 381 g/mol. The number of carbonyl (C=O) groups is 1. The van der Waals surface area contributed by atoms with Gasteiger partial charge in [0.2, 0.25) is 10.0 Å². The summed E-state index contributed by atoms with van der Waals surface area (Å²) >= 11 is 9.19. The molecular weight excluding hydrogens is 370 g/mol. The Morgan fingerprint density at radius 1 is 1.45 bits per heavy atom. The van der Waals surface area contributed by atoms with E-state index in [0.29, 0.717) is 4.47 Å². The summed E-state index contributed by atoms with van der Waals surface area (Å²) in [6, 6.07) is 4.51. The summed E-state index contributed by atoms with van der Waals surface area (Å²) in [7, 11) is -3.77. The zero-order chi connectivity index (χ0) is 15.1. The molecule has 0 amide bonds. The number of hydrogen-bond acceptors (Lipinski definition) is 3. The van der Waals surface area contributed by atoms with E-state index in [1.54, 1.807) is 13.0 Å². The number of sulfonamides is 1. The average Bonchev–Trinajstić information content (AvgIpc) is 2.71. The van der Waals surface area contributed by atoms with Crippen LogP contribution in [0.1, 0.15) is 6.92 Å². The van der Waals surface area contributed by atoms with Gasteiger partial charge in [0.25, 0.3) is 0 Å². The molecule has 8 heteroatoms. The van der Waals surface area contributed by atoms with Gasteiger partial charge in [-0.05, 0) is 24.1 Å². The van der Waals surface area contributed by atoms with Crippen molar-refractivity contribution in [1.82, 2.24) is 4.31 Å². The molecule has 1 heterocycles. The van der Waals surface area contributed by atoms with E-state index in [0.717, 1.165) is 0 Å². The standard InChI is InChI=1S/C12H13BrClNO4S/c1-7-5-15(6-9(7)12(16)17)20(18,19)11-3-2-8(13)4-10(11)14/h2-4,7,9H,5-6H2,1H3,(H,16,17). The van der Waals surface area contributed by atoms with Crippen molar-refractivity contribution < 1.29 is 18.3 Å². The fourth-order valence-corrected chi connectivity index (χ4v) is 4.84. The molecule has 1 saturated heterocycles. The normalized spacial score (nSPS) is 23.9. The van der Waals surface area contributed by atoms with Gasteiger partial charge in [-0.1, -0.05) is 34.5 Å². The van der Waals surface area contributed by atoms with Crippen LogP contribution in [0.2, 0.25) is 5.02 Å². The molecule has 5 nitrogen and oxygen atoms in total. The molecule has 1 fully saturated rings. The largest absolute Gasteiger partial charge is 0.481 e. The average molecular weight is 383 g/mol. The number of carboxylic acids is 1. The Kier molecular flexibility index (Phi) is 4.44. The number of carboxylic acid groups (broad SMARTS) is 1. The van der Waals surface area contributed by atoms with Crippen molar-refractivity contribution in [3.63, 3.8) is 0 Å². The van der Waals surface area contributed by atoms with E-state index in [1.165, 1.54) is 16.4 Å². The molecule has 1 aromatic rings. The predicted octanol–water partition coefficient (Wildman–Crippen LogP) is 2.44. The Morgan fingerprint density at radius 2 is 2.10 bits per heavy atom. The first kappa shape index (κ1) is 15.8. The summed E-state index contributed by atoms with van der Waals surface area (Å²) < 4.78 is 26.9. The highest BCUT2D eigenvalue weighted by atomic mass is 79.9. The van der Waals surface area contributed by atoms with Crippen molar-refractivity contribution in [2.45, 2.75) is 11.8 Å². The summed E-state index contributed by atoms with van der Waals surface area (Å²) in [5.41, 5.74) is 0. The highest BCUT2D eigenvalue weighted by Gasteiger charge is 2.41. The van der Waals surface area contributed by atoms with Crippen LogP contribution in [0.5, 0.6) is 0 Å². The highest BCUT2D eigenvalue weighted by molar-refractivity contribution is 9.10. The minimum Gasteiger partial charge on any atom is -0.481 e. The third kappa shape index (κ3) is 2.86. The first-order valence-corrected chi connectivity index (χ1v) is 8.52. The fraction of sp³-hybridized carbons (Fsp3) is 0.417. The minimum atomic E-state index is -3.77. The quantitative estimate of drug-likeness (QED) is 0.871. The lowest BCUT2D eigenvalue weighted by atomic mass is 9.99. The molecule has 0 saturated carbocycles. The smallest absolute Gasteiger partial charge is 0.308 e. The van der Waals surface area contributed by atoms with E-state index in [9.17, 15) is 13.2 Å². The van der Waals surface area contributed by atoms with E-state index < -0.39 is 21.9 Å². The van der Waals surface area contributed by atoms with Crippen molar-refractivity contribution in [3.05, 3.63) is 27.7 Å². The van der Waals surface area contributed by atoms with Crippen LogP contribution in [0.4, 0.5) is 0 Å². The van der Waals surface area contributed by atoms with Crippen LogP contribution in [0.3, 0.4) is 0 Å². The first-order valence-electron chi connectivity index (χ1n) is 5.91. The molecule has 1 N–H and O–H groups in total. The van der Waals surface area contributed by atoms with Gasteiger partial charge in [-0.15, -0.1) is 0 Å². The van der Waals surface area contributed by atoms with Crippen LogP contribution in [0.25, 0.3) is 0 Å². The summed E-state index contributed by atoms with van der Waals surface area (Å²) in [4.78, 5) is 11.1. The lowest BCUT2D eigenvalue weighted by Gasteiger charge is -2.17. The summed E-state index contributed by atoms with van der Waals surface area (Å²) in [5.74, 6) is -1.88. The molecule has 0 radical (unpaired) electrons. The molecule has 0 aliphatic carbocycles. The summed E-state index contributed by atoms with van der Waals surface area (Å²) in [6.07, 6.45) is 0. The minimum absolute atomic E-state index is 0.000561. The van der Waals surface area contributed by atoms with Crippen molar-refractivity contribution >= 4 is 43.5 Å². The molecule has 0 aromatic heterocycles. The van der Waals surface area contributed by atoms with Crippen molar-refractivity contribution in [2.24, 2.45) is 11.8 Å². The number of hydrogen-bond donors (Lipinski definition) is 1. The van der Waals surface area contributed by atoms with E-state index in [-0.39, 0.29) is 28.9 Å². The van der Waals surface area contributed by atoms with Crippen molar-refractivity contribution in [2.75, 3.05) is 13.1 Å². The van der Waals surface area contributed by atoms with Gasteiger partial charge < -0.3 is 5.11 Å². The van der Waals surface area contributed by atoms with Gasteiger partial charge in [0.1, 0.15) is 4.90 Å². The highest BCUT2D eigenvalue weighted by Crippen LogP contribution is 2.32. The third-order valence-electron chi connectivity index (χ3n) is 3.41. The summed E-state index contributed by atoms with van der Waals surface area (Å²) in [5, 5.41) is 9.19. The summed E-state index contributed by atoms with van der Waals surface area (Å²) in [6.45, 7) is 1.90. The van der Waals surface area contributed by atoms with Gasteiger partial charge in [-0.2, -0.15) is 4.31 Å². The van der Waals surface area contributed by atoms with Gasteiger partial charge in [-0.25, -0.2) is 8.42 Å². The zero-order valence-corrected chi connectivity index (χ0v) is 13.7. The second kappa shape index (κ2) is 5.63. The first-order chi connectivity index (χ1) is 9.23. The van der Waals surface area contributed by atoms with Gasteiger partial charge >= 0.3 is 5.97 Å². The number of aliphatic carboxylic acids is 1. The van der Waals surface area contributed by atoms with Crippen LogP contribution in [0, 0.1) is 11.8 Å². The van der Waals surface area contributed by atoms with E-state index >= 15 is 0 Å². The van der Waals surface area contributed by atoms with Crippen LogP contribution >= 0.6 is 27.5 Å². The van der Waals surface area contributed by atoms with Gasteiger partial charge in [0.05, 0.1) is 10.9 Å². The number of halogens is 2. The molecule has 20 heavy (non-hydrogen) atoms. The van der Waals surface area contributed by atoms with E-state index in [4.69, 9.17) is 16.7 Å². The molecule has 1 aliphatic heterocycles. The van der Waals surface area contributed by atoms with Crippen LogP contribution in [-0.2, 0) is 14.8 Å². The lowest BCUT2D eigenvalue weighted by Crippen LogP contribution is -2.30. The molecule has 0 bridgehead atoms. The Labute approximate surface area is 130 Å². The van der Waals surface area contributed by atoms with Gasteiger partial charge in [-0.3, -0.25) is 4.79 Å². The molecule has 110 valence electrons. The molecular formula is C12H13BrClNO4S. The van der Waals surface area contributed by atoms with Crippen LogP contribution in [-0.4, -0.2) is 36.9 Å². The predicted molar refractivity (Wildman–Crippen MR) is 78.2 cm³/mol. The van der Waals surface area contributed by atoms with E-state index in [2.05, 4.69) is 15.9 Å². The lowest BCUT2D eigenvalue weighted by molar-refractivity contribution is -0.142. The number of rotatable bonds is 3. The molecule has 1 aliphatic rings. The molecule has 2 rings (SSSR count). The maximum Gasteiger partial charge on any atom is 0.308 e.